The number of amides is 1. The number of halogens is 3. The van der Waals surface area contributed by atoms with Crippen LogP contribution in [0, 0.1) is 4.91 Å². The van der Waals surface area contributed by atoms with E-state index in [1.807, 2.05) is 0 Å². The van der Waals surface area contributed by atoms with Gasteiger partial charge in [-0.3, -0.25) is 4.79 Å². The molecule has 0 radical (unpaired) electrons. The summed E-state index contributed by atoms with van der Waals surface area (Å²) in [4.78, 5) is 24.5. The van der Waals surface area contributed by atoms with Crippen molar-refractivity contribution in [3.63, 3.8) is 0 Å². The number of carbonyl (C=O) groups is 1. The van der Waals surface area contributed by atoms with Crippen LogP contribution in [0.1, 0.15) is 70.8 Å². The van der Waals surface area contributed by atoms with Gasteiger partial charge in [0.05, 0.1) is 4.91 Å². The molecular weight excluding hydrogens is 437 g/mol. The number of likely N-dealkylation sites (N-methyl/N-ethyl adjacent to an activating group) is 1. The standard InChI is InChI=1S/C23H37F3N4O3/c1-3-29(4-2)17-16-27-15-11-9-7-5-6-8-10-12-22(31)28-19-13-14-21(30(32)33)20(18-19)23(24,25)26/h13-14,18,27H,3-12,15-17H2,1-2H3,(H-,28,31,32,33)/p+1. The molecule has 0 aliphatic carbocycles. The maximum Gasteiger partial charge on any atom is 0.423 e. The fraction of sp³-hybridized carbons (Fsp3) is 0.696. The lowest BCUT2D eigenvalue weighted by atomic mass is 10.1. The van der Waals surface area contributed by atoms with Crippen LogP contribution in [0.2, 0.25) is 0 Å². The van der Waals surface area contributed by atoms with E-state index in [0.29, 0.717) is 12.5 Å². The molecule has 0 bridgehead atoms. The Hall–Kier alpha value is -2.20. The first kappa shape index (κ1) is 28.8. The van der Waals surface area contributed by atoms with Crippen molar-refractivity contribution in [1.82, 2.24) is 10.2 Å². The highest BCUT2D eigenvalue weighted by molar-refractivity contribution is 5.91. The topological polar surface area (TPSA) is 84.7 Å². The Morgan fingerprint density at radius 3 is 2.18 bits per heavy atom. The van der Waals surface area contributed by atoms with Crippen molar-refractivity contribution in [3.8, 4) is 0 Å². The molecule has 0 heterocycles. The molecule has 0 aliphatic rings. The highest BCUT2D eigenvalue weighted by Crippen LogP contribution is 2.37. The molecule has 3 N–H and O–H groups in total. The van der Waals surface area contributed by atoms with Gasteiger partial charge in [0, 0.05) is 31.3 Å². The zero-order valence-corrected chi connectivity index (χ0v) is 19.7. The van der Waals surface area contributed by atoms with E-state index in [0.717, 1.165) is 77.0 Å². The van der Waals surface area contributed by atoms with E-state index >= 15 is 0 Å². The molecule has 1 rings (SSSR count). The molecule has 33 heavy (non-hydrogen) atoms. The lowest BCUT2D eigenvalue weighted by molar-refractivity contribution is -0.730. The quantitative estimate of drug-likeness (QED) is 0.205. The Balaban J connectivity index is 2.15. The lowest BCUT2D eigenvalue weighted by Gasteiger charge is -2.17. The fourth-order valence-electron chi connectivity index (χ4n) is 3.55. The number of rotatable bonds is 17. The summed E-state index contributed by atoms with van der Waals surface area (Å²) in [6, 6.07) is 2.63. The van der Waals surface area contributed by atoms with E-state index < -0.39 is 22.4 Å². The number of nitrogens with one attached hydrogen (secondary N) is 2. The first-order chi connectivity index (χ1) is 15.7. The van der Waals surface area contributed by atoms with E-state index in [1.165, 1.54) is 6.42 Å². The van der Waals surface area contributed by atoms with Gasteiger partial charge in [-0.05, 0) is 44.6 Å². The predicted octanol–water partition coefficient (Wildman–Crippen LogP) is 5.50. The Kier molecular flexibility index (Phi) is 13.6. The minimum absolute atomic E-state index is 0.0661. The van der Waals surface area contributed by atoms with Crippen LogP contribution in [0.15, 0.2) is 18.2 Å². The molecule has 0 fully saturated rings. The van der Waals surface area contributed by atoms with Crippen LogP contribution < -0.4 is 10.6 Å². The number of hydrogen-bond acceptors (Lipinski definition) is 4. The summed E-state index contributed by atoms with van der Waals surface area (Å²) >= 11 is 0. The SMILES string of the molecule is CCN(CC)CCNCCCCCCCCCC(=O)Nc1ccc([N+](=O)O)c(C(F)(F)F)c1. The number of nitrogens with zero attached hydrogens (tertiary/aromatic N) is 2. The van der Waals surface area contributed by atoms with E-state index in [-0.39, 0.29) is 18.0 Å². The summed E-state index contributed by atoms with van der Waals surface area (Å²) < 4.78 is 39.1. The van der Waals surface area contributed by atoms with Crippen LogP contribution >= 0.6 is 0 Å². The highest BCUT2D eigenvalue weighted by atomic mass is 19.4. The predicted molar refractivity (Wildman–Crippen MR) is 123 cm³/mol. The van der Waals surface area contributed by atoms with Gasteiger partial charge in [0.15, 0.2) is 0 Å². The van der Waals surface area contributed by atoms with Crippen LogP contribution in [0.4, 0.5) is 24.5 Å². The van der Waals surface area contributed by atoms with E-state index in [2.05, 4.69) is 29.4 Å². The molecule has 7 nitrogen and oxygen atoms in total. The van der Waals surface area contributed by atoms with E-state index in [4.69, 9.17) is 5.21 Å². The number of anilines is 1. The number of hydrogen-bond donors (Lipinski definition) is 3. The molecule has 10 heteroatoms. The lowest BCUT2D eigenvalue weighted by Crippen LogP contribution is -2.32. The summed E-state index contributed by atoms with van der Waals surface area (Å²) in [5.41, 5.74) is -2.29. The van der Waals surface area contributed by atoms with Gasteiger partial charge in [-0.1, -0.05) is 46.0 Å². The van der Waals surface area contributed by atoms with Crippen LogP contribution in [-0.2, 0) is 11.0 Å². The van der Waals surface area contributed by atoms with Crippen molar-refractivity contribution < 1.29 is 28.1 Å². The smallest absolute Gasteiger partial charge is 0.326 e. The molecule has 0 spiro atoms. The molecule has 0 saturated heterocycles. The molecule has 1 aromatic carbocycles. The van der Waals surface area contributed by atoms with Crippen LogP contribution in [0.3, 0.4) is 0 Å². The molecular formula is C23H38F3N4O3+. The maximum atomic E-state index is 13.0. The first-order valence-electron chi connectivity index (χ1n) is 11.8. The van der Waals surface area contributed by atoms with Gasteiger partial charge in [0.1, 0.15) is 5.56 Å². The Bertz CT molecular complexity index is 725. The molecule has 0 atom stereocenters. The normalized spacial score (nSPS) is 11.7. The third-order valence-electron chi connectivity index (χ3n) is 5.55. The first-order valence-corrected chi connectivity index (χ1v) is 11.8. The molecule has 188 valence electrons. The van der Waals surface area contributed by atoms with Crippen molar-refractivity contribution in [3.05, 3.63) is 28.7 Å². The summed E-state index contributed by atoms with van der Waals surface area (Å²) in [7, 11) is 0. The van der Waals surface area contributed by atoms with Crippen molar-refractivity contribution in [2.45, 2.75) is 71.4 Å². The van der Waals surface area contributed by atoms with Gasteiger partial charge in [-0.2, -0.15) is 13.2 Å². The largest absolute Gasteiger partial charge is 0.423 e. The second kappa shape index (κ2) is 15.6. The Morgan fingerprint density at radius 2 is 1.61 bits per heavy atom. The van der Waals surface area contributed by atoms with E-state index in [1.54, 1.807) is 0 Å². The second-order valence-electron chi connectivity index (χ2n) is 8.05. The zero-order chi connectivity index (χ0) is 24.7. The fourth-order valence-corrected chi connectivity index (χ4v) is 3.55. The van der Waals surface area contributed by atoms with Gasteiger partial charge in [-0.15, -0.1) is 0 Å². The molecule has 1 amide bonds. The van der Waals surface area contributed by atoms with Crippen LogP contribution in [-0.4, -0.2) is 53.7 Å². The molecule has 0 unspecified atom stereocenters. The Labute approximate surface area is 194 Å². The highest BCUT2D eigenvalue weighted by Gasteiger charge is 2.40. The van der Waals surface area contributed by atoms with Crippen LogP contribution in [0.5, 0.6) is 0 Å². The third kappa shape index (κ3) is 12.0. The average molecular weight is 476 g/mol. The Morgan fingerprint density at radius 1 is 1.00 bits per heavy atom. The second-order valence-corrected chi connectivity index (χ2v) is 8.05. The minimum Gasteiger partial charge on any atom is -0.326 e. The number of benzene rings is 1. The maximum absolute atomic E-state index is 13.0. The number of carbonyl (C=O) groups excluding carboxylic acids is 1. The van der Waals surface area contributed by atoms with E-state index in [9.17, 15) is 22.9 Å². The molecule has 0 aromatic heterocycles. The monoisotopic (exact) mass is 475 g/mol. The summed E-state index contributed by atoms with van der Waals surface area (Å²) in [5.74, 6) is -0.380. The average Bonchev–Trinajstić information content (AvgIpc) is 2.76. The molecule has 1 aromatic rings. The summed E-state index contributed by atoms with van der Waals surface area (Å²) in [6.07, 6.45) is 2.53. The van der Waals surface area contributed by atoms with Gasteiger partial charge in [-0.25, -0.2) is 5.21 Å². The molecule has 0 saturated carbocycles. The van der Waals surface area contributed by atoms with Crippen LogP contribution in [0.25, 0.3) is 0 Å². The number of unbranched alkanes of at least 4 members (excludes halogenated alkanes) is 6. The van der Waals surface area contributed by atoms with Gasteiger partial charge in [0.2, 0.25) is 5.91 Å². The molecule has 0 aliphatic heterocycles. The van der Waals surface area contributed by atoms with Crippen molar-refractivity contribution in [2.75, 3.05) is 38.0 Å². The summed E-state index contributed by atoms with van der Waals surface area (Å²) in [5, 5.41) is 14.7. The summed E-state index contributed by atoms with van der Waals surface area (Å²) in [6.45, 7) is 9.63. The van der Waals surface area contributed by atoms with Crippen molar-refractivity contribution in [2.24, 2.45) is 0 Å². The van der Waals surface area contributed by atoms with Gasteiger partial charge in [0.25, 0.3) is 4.92 Å². The van der Waals surface area contributed by atoms with Crippen molar-refractivity contribution in [1.29, 1.82) is 0 Å². The number of alkyl halides is 3. The van der Waals surface area contributed by atoms with Crippen molar-refractivity contribution >= 4 is 17.3 Å². The van der Waals surface area contributed by atoms with Gasteiger partial charge < -0.3 is 15.5 Å². The zero-order valence-electron chi connectivity index (χ0n) is 19.7. The van der Waals surface area contributed by atoms with Gasteiger partial charge >= 0.3 is 11.9 Å². The minimum atomic E-state index is -4.83. The third-order valence-corrected chi connectivity index (χ3v) is 5.55.